The maximum absolute atomic E-state index is 4.89. The van der Waals surface area contributed by atoms with Gasteiger partial charge in [0, 0.05) is 58.3 Å². The van der Waals surface area contributed by atoms with Crippen molar-refractivity contribution in [3.05, 3.63) is 210 Å². The largest absolute Gasteiger partial charge is 0.365 e. The second kappa shape index (κ2) is 16.8. The number of benzene rings is 4. The first-order valence-corrected chi connectivity index (χ1v) is 19.5. The van der Waals surface area contributed by atoms with E-state index in [0.29, 0.717) is 11.8 Å². The van der Waals surface area contributed by atoms with Crippen molar-refractivity contribution in [1.82, 2.24) is 10.2 Å². The van der Waals surface area contributed by atoms with Crippen LogP contribution >= 0.6 is 0 Å². The van der Waals surface area contributed by atoms with Crippen LogP contribution in [0.3, 0.4) is 0 Å². The van der Waals surface area contributed by atoms with Crippen molar-refractivity contribution in [1.29, 1.82) is 0 Å². The Bertz CT molecular complexity index is 2270. The summed E-state index contributed by atoms with van der Waals surface area (Å²) in [4.78, 5) is 7.43. The molecule has 3 N–H and O–H groups in total. The van der Waals surface area contributed by atoms with Gasteiger partial charge >= 0.3 is 0 Å². The van der Waals surface area contributed by atoms with E-state index >= 15 is 0 Å². The fourth-order valence-corrected chi connectivity index (χ4v) is 8.06. The Balaban J connectivity index is 0.914. The van der Waals surface area contributed by atoms with Crippen molar-refractivity contribution in [3.8, 4) is 0 Å². The molecule has 0 fully saturated rings. The first-order chi connectivity index (χ1) is 27.1. The minimum absolute atomic E-state index is 0.177. The zero-order valence-corrected chi connectivity index (χ0v) is 31.5. The molecule has 1 aliphatic heterocycles. The summed E-state index contributed by atoms with van der Waals surface area (Å²) in [5, 5.41) is 10.9. The predicted molar refractivity (Wildman–Crippen MR) is 233 cm³/mol. The van der Waals surface area contributed by atoms with Crippen LogP contribution in [0.25, 0.3) is 5.57 Å². The summed E-state index contributed by atoms with van der Waals surface area (Å²) < 4.78 is 0. The third-order valence-corrected chi connectivity index (χ3v) is 11.0. The van der Waals surface area contributed by atoms with E-state index in [4.69, 9.17) is 4.99 Å². The molecular weight excluding hydrogens is 671 g/mol. The normalized spacial score (nSPS) is 20.8. The van der Waals surface area contributed by atoms with Gasteiger partial charge in [0.1, 0.15) is 5.84 Å². The standard InChI is InChI=1S/C50H49N5/c1-3-51-50(53-43-21-8-5-9-22-43)38-30-28-37(29-31-38)39-16-14-17-40(32-39)45-24-11-13-27-48(45)54-49-35-55(34-36(49)2)44-23-15-18-41(33-44)46-25-10-12-26-47(46)52-42-19-6-4-7-20-42/h3-30,38-39,41,52,54H,1,31-35H2,2H3,(H,51,53). The smallest absolute Gasteiger partial charge is 0.113 e. The third-order valence-electron chi connectivity index (χ3n) is 11.0. The molecule has 4 aromatic rings. The average Bonchev–Trinajstić information content (AvgIpc) is 3.61. The van der Waals surface area contributed by atoms with Gasteiger partial charge in [-0.25, -0.2) is 4.99 Å². The topological polar surface area (TPSA) is 51.7 Å². The Morgan fingerprint density at radius 2 is 1.47 bits per heavy atom. The van der Waals surface area contributed by atoms with Crippen molar-refractivity contribution in [2.45, 2.75) is 32.1 Å². The van der Waals surface area contributed by atoms with E-state index in [2.05, 4.69) is 168 Å². The number of anilines is 3. The SMILES string of the molecule is C=CN/C(=N\c1ccccc1)C1C=CC(C2C=CC=C(c3ccccc3NC3=C(C)CN(C4=CC=CC(c5ccccc5Nc5ccccc5)C4)C3)C2)=CC1. The van der Waals surface area contributed by atoms with Gasteiger partial charge in [0.15, 0.2) is 0 Å². The lowest BCUT2D eigenvalue weighted by atomic mass is 9.81. The second-order valence-electron chi connectivity index (χ2n) is 14.7. The lowest BCUT2D eigenvalue weighted by Crippen LogP contribution is -2.26. The Labute approximate surface area is 326 Å². The van der Waals surface area contributed by atoms with Crippen LogP contribution in [-0.4, -0.2) is 23.8 Å². The first-order valence-electron chi connectivity index (χ1n) is 19.5. The molecule has 4 aliphatic rings. The summed E-state index contributed by atoms with van der Waals surface area (Å²) in [6.07, 6.45) is 25.3. The van der Waals surface area contributed by atoms with Crippen molar-refractivity contribution in [3.63, 3.8) is 0 Å². The number of nitrogens with one attached hydrogen (secondary N) is 3. The van der Waals surface area contributed by atoms with Crippen molar-refractivity contribution in [2.75, 3.05) is 23.7 Å². The molecule has 55 heavy (non-hydrogen) atoms. The van der Waals surface area contributed by atoms with Gasteiger partial charge in [-0.15, -0.1) is 0 Å². The highest BCUT2D eigenvalue weighted by atomic mass is 15.2. The highest BCUT2D eigenvalue weighted by Gasteiger charge is 2.27. The van der Waals surface area contributed by atoms with Crippen molar-refractivity contribution in [2.24, 2.45) is 16.8 Å². The Morgan fingerprint density at radius 1 is 0.745 bits per heavy atom. The molecule has 0 spiro atoms. The van der Waals surface area contributed by atoms with Crippen LogP contribution in [0, 0.1) is 11.8 Å². The molecule has 0 amide bonds. The molecule has 8 rings (SSSR count). The number of hydrogen-bond donors (Lipinski definition) is 3. The van der Waals surface area contributed by atoms with Crippen LogP contribution < -0.4 is 16.0 Å². The van der Waals surface area contributed by atoms with Gasteiger partial charge in [-0.1, -0.05) is 128 Å². The van der Waals surface area contributed by atoms with Crippen molar-refractivity contribution < 1.29 is 0 Å². The fraction of sp³-hybridized carbons (Fsp3) is 0.180. The molecule has 5 nitrogen and oxygen atoms in total. The number of nitrogens with zero attached hydrogens (tertiary/aromatic N) is 2. The summed E-state index contributed by atoms with van der Waals surface area (Å²) in [6.45, 7) is 7.96. The van der Waals surface area contributed by atoms with E-state index < -0.39 is 0 Å². The molecule has 274 valence electrons. The van der Waals surface area contributed by atoms with Gasteiger partial charge in [0.25, 0.3) is 0 Å². The molecule has 5 heteroatoms. The number of rotatable bonds is 11. The average molecular weight is 720 g/mol. The van der Waals surface area contributed by atoms with Gasteiger partial charge < -0.3 is 20.9 Å². The van der Waals surface area contributed by atoms with Crippen molar-refractivity contribution >= 4 is 34.2 Å². The minimum Gasteiger partial charge on any atom is -0.365 e. The van der Waals surface area contributed by atoms with Gasteiger partial charge in [0.05, 0.1) is 12.2 Å². The molecule has 0 aromatic heterocycles. The van der Waals surface area contributed by atoms with Crippen LogP contribution in [0.4, 0.5) is 22.7 Å². The molecule has 4 aromatic carbocycles. The Morgan fingerprint density at radius 3 is 2.27 bits per heavy atom. The van der Waals surface area contributed by atoms with Gasteiger partial charge in [-0.05, 0) is 97.1 Å². The minimum atomic E-state index is 0.177. The van der Waals surface area contributed by atoms with E-state index in [0.717, 1.165) is 55.2 Å². The predicted octanol–water partition coefficient (Wildman–Crippen LogP) is 12.0. The quantitative estimate of drug-likeness (QED) is 0.107. The number of amidine groups is 1. The monoisotopic (exact) mass is 719 g/mol. The number of allylic oxidation sites excluding steroid dienone is 11. The maximum atomic E-state index is 4.89. The number of hydrogen-bond acceptors (Lipinski definition) is 4. The fourth-order valence-electron chi connectivity index (χ4n) is 8.06. The summed E-state index contributed by atoms with van der Waals surface area (Å²) in [6, 6.07) is 38.0. The molecule has 0 radical (unpaired) electrons. The highest BCUT2D eigenvalue weighted by molar-refractivity contribution is 5.89. The van der Waals surface area contributed by atoms with Gasteiger partial charge in [-0.3, -0.25) is 0 Å². The second-order valence-corrected chi connectivity index (χ2v) is 14.7. The van der Waals surface area contributed by atoms with E-state index in [1.807, 2.05) is 30.3 Å². The van der Waals surface area contributed by atoms with E-state index in [1.54, 1.807) is 6.20 Å². The molecule has 3 aliphatic carbocycles. The zero-order valence-electron chi connectivity index (χ0n) is 31.5. The molecule has 0 saturated heterocycles. The van der Waals surface area contributed by atoms with Gasteiger partial charge in [0.2, 0.25) is 0 Å². The molecule has 0 saturated carbocycles. The summed E-state index contributed by atoms with van der Waals surface area (Å²) in [7, 11) is 0. The van der Waals surface area contributed by atoms with Crippen LogP contribution in [0.5, 0.6) is 0 Å². The molecule has 3 unspecified atom stereocenters. The molecular formula is C50H49N5. The lowest BCUT2D eigenvalue weighted by molar-refractivity contribution is 0.408. The van der Waals surface area contributed by atoms with Crippen LogP contribution in [0.1, 0.15) is 43.2 Å². The van der Waals surface area contributed by atoms with Crippen LogP contribution in [-0.2, 0) is 0 Å². The van der Waals surface area contributed by atoms with Crippen LogP contribution in [0.2, 0.25) is 0 Å². The first kappa shape index (κ1) is 35.7. The molecule has 3 atom stereocenters. The van der Waals surface area contributed by atoms with Gasteiger partial charge in [-0.2, -0.15) is 0 Å². The molecule has 0 bridgehead atoms. The highest BCUT2D eigenvalue weighted by Crippen LogP contribution is 2.39. The maximum Gasteiger partial charge on any atom is 0.113 e. The lowest BCUT2D eigenvalue weighted by Gasteiger charge is -2.29. The Kier molecular flexibility index (Phi) is 10.9. The van der Waals surface area contributed by atoms with E-state index in [1.165, 1.54) is 44.9 Å². The summed E-state index contributed by atoms with van der Waals surface area (Å²) >= 11 is 0. The number of aliphatic imine (C=N–C) groups is 1. The number of para-hydroxylation sites is 4. The third kappa shape index (κ3) is 8.42. The zero-order chi connectivity index (χ0) is 37.4. The van der Waals surface area contributed by atoms with E-state index in [-0.39, 0.29) is 5.92 Å². The van der Waals surface area contributed by atoms with E-state index in [9.17, 15) is 0 Å². The molecule has 1 heterocycles. The van der Waals surface area contributed by atoms with Crippen LogP contribution in [0.15, 0.2) is 204 Å². The Hall–Kier alpha value is -6.33. The summed E-state index contributed by atoms with van der Waals surface area (Å²) in [5.74, 6) is 1.72. The summed E-state index contributed by atoms with van der Waals surface area (Å²) in [5.41, 5.74) is 13.7.